The first-order chi connectivity index (χ1) is 10.2. The van der Waals surface area contributed by atoms with Crippen molar-refractivity contribution in [2.75, 3.05) is 6.61 Å². The van der Waals surface area contributed by atoms with Gasteiger partial charge in [0.2, 0.25) is 0 Å². The summed E-state index contributed by atoms with van der Waals surface area (Å²) < 4.78 is 19.9. The molecule has 1 aliphatic carbocycles. The summed E-state index contributed by atoms with van der Waals surface area (Å²) in [6, 6.07) is 7.03. The molecule has 2 N–H and O–H groups in total. The van der Waals surface area contributed by atoms with Crippen molar-refractivity contribution in [1.82, 2.24) is 0 Å². The third kappa shape index (κ3) is 3.46. The molecule has 0 bridgehead atoms. The van der Waals surface area contributed by atoms with Gasteiger partial charge in [-0.1, -0.05) is 37.5 Å². The maximum absolute atomic E-state index is 13.8. The van der Waals surface area contributed by atoms with Crippen LogP contribution in [-0.4, -0.2) is 18.2 Å². The second-order valence-electron chi connectivity index (χ2n) is 6.80. The molecule has 3 rings (SSSR count). The Morgan fingerprint density at radius 2 is 2.00 bits per heavy atom. The minimum atomic E-state index is -0.132. The van der Waals surface area contributed by atoms with Gasteiger partial charge in [-0.3, -0.25) is 0 Å². The zero-order valence-electron chi connectivity index (χ0n) is 12.7. The monoisotopic (exact) mass is 291 g/mol. The molecule has 2 unspecified atom stereocenters. The number of hydrogen-bond donors (Lipinski definition) is 1. The number of ether oxygens (including phenoxy) is 1. The van der Waals surface area contributed by atoms with Crippen molar-refractivity contribution in [3.8, 4) is 0 Å². The van der Waals surface area contributed by atoms with Gasteiger partial charge in [-0.15, -0.1) is 0 Å². The Morgan fingerprint density at radius 3 is 2.76 bits per heavy atom. The second kappa shape index (κ2) is 6.45. The predicted molar refractivity (Wildman–Crippen MR) is 82.6 cm³/mol. The molecule has 1 saturated heterocycles. The first kappa shape index (κ1) is 15.0. The van der Waals surface area contributed by atoms with Crippen molar-refractivity contribution in [3.05, 3.63) is 35.6 Å². The molecule has 0 radical (unpaired) electrons. The van der Waals surface area contributed by atoms with Crippen molar-refractivity contribution >= 4 is 0 Å². The van der Waals surface area contributed by atoms with Crippen LogP contribution in [0.5, 0.6) is 0 Å². The third-order valence-corrected chi connectivity index (χ3v) is 5.31. The fourth-order valence-corrected chi connectivity index (χ4v) is 4.06. The molecule has 2 fully saturated rings. The summed E-state index contributed by atoms with van der Waals surface area (Å²) in [4.78, 5) is 0. The van der Waals surface area contributed by atoms with Gasteiger partial charge >= 0.3 is 0 Å². The zero-order chi connectivity index (χ0) is 14.7. The van der Waals surface area contributed by atoms with E-state index in [4.69, 9.17) is 10.5 Å². The number of nitrogens with two attached hydrogens (primary N) is 1. The maximum atomic E-state index is 13.8. The Balaban J connectivity index is 1.64. The Hall–Kier alpha value is -0.930. The highest BCUT2D eigenvalue weighted by Crippen LogP contribution is 2.41. The lowest BCUT2D eigenvalue weighted by molar-refractivity contribution is -0.120. The predicted octanol–water partition coefficient (Wildman–Crippen LogP) is 3.83. The Kier molecular flexibility index (Phi) is 4.60. The molecule has 1 aliphatic heterocycles. The van der Waals surface area contributed by atoms with E-state index in [1.54, 1.807) is 6.07 Å². The van der Waals surface area contributed by atoms with E-state index < -0.39 is 0 Å². The lowest BCUT2D eigenvalue weighted by atomic mass is 9.73. The van der Waals surface area contributed by atoms with Crippen LogP contribution in [0, 0.1) is 11.7 Å². The summed E-state index contributed by atoms with van der Waals surface area (Å²) in [6.07, 6.45) is 8.93. The average Bonchev–Trinajstić information content (AvgIpc) is 2.50. The number of benzene rings is 1. The summed E-state index contributed by atoms with van der Waals surface area (Å²) in [5.74, 6) is 0.323. The highest BCUT2D eigenvalue weighted by Gasteiger charge is 2.40. The molecule has 21 heavy (non-hydrogen) atoms. The molecular weight excluding hydrogens is 265 g/mol. The highest BCUT2D eigenvalue weighted by molar-refractivity contribution is 5.18. The third-order valence-electron chi connectivity index (χ3n) is 5.31. The van der Waals surface area contributed by atoms with E-state index in [0.29, 0.717) is 12.3 Å². The second-order valence-corrected chi connectivity index (χ2v) is 6.80. The van der Waals surface area contributed by atoms with Gasteiger partial charge in [-0.25, -0.2) is 4.39 Å². The Morgan fingerprint density at radius 1 is 1.24 bits per heavy atom. The van der Waals surface area contributed by atoms with Gasteiger partial charge in [0.15, 0.2) is 0 Å². The van der Waals surface area contributed by atoms with E-state index in [9.17, 15) is 4.39 Å². The van der Waals surface area contributed by atoms with E-state index in [1.165, 1.54) is 38.2 Å². The first-order valence-corrected chi connectivity index (χ1v) is 8.31. The fraction of sp³-hybridized carbons (Fsp3) is 0.667. The number of hydrogen-bond acceptors (Lipinski definition) is 2. The molecule has 1 saturated carbocycles. The van der Waals surface area contributed by atoms with Gasteiger partial charge in [-0.2, -0.15) is 0 Å². The minimum absolute atomic E-state index is 0.0320. The molecule has 3 heteroatoms. The summed E-state index contributed by atoms with van der Waals surface area (Å²) in [5.41, 5.74) is 7.24. The van der Waals surface area contributed by atoms with Crippen molar-refractivity contribution in [2.45, 2.75) is 63.0 Å². The van der Waals surface area contributed by atoms with Crippen molar-refractivity contribution < 1.29 is 9.13 Å². The Bertz CT molecular complexity index is 465. The SMILES string of the molecule is NC(Cc1ccccc1F)C1CCOC2(CCCCC2)C1. The van der Waals surface area contributed by atoms with E-state index >= 15 is 0 Å². The van der Waals surface area contributed by atoms with E-state index in [2.05, 4.69) is 0 Å². The highest BCUT2D eigenvalue weighted by atomic mass is 19.1. The molecule has 0 amide bonds. The van der Waals surface area contributed by atoms with Crippen LogP contribution in [0.2, 0.25) is 0 Å². The quantitative estimate of drug-likeness (QED) is 0.918. The van der Waals surface area contributed by atoms with Gasteiger partial charge < -0.3 is 10.5 Å². The van der Waals surface area contributed by atoms with Crippen molar-refractivity contribution in [1.29, 1.82) is 0 Å². The summed E-state index contributed by atoms with van der Waals surface area (Å²) in [7, 11) is 0. The molecular formula is C18H26FNO. The molecule has 2 nitrogen and oxygen atoms in total. The fourth-order valence-electron chi connectivity index (χ4n) is 4.06. The maximum Gasteiger partial charge on any atom is 0.126 e. The summed E-state index contributed by atoms with van der Waals surface area (Å²) in [5, 5.41) is 0. The normalized spacial score (nSPS) is 26.7. The lowest BCUT2D eigenvalue weighted by Crippen LogP contribution is -2.47. The van der Waals surface area contributed by atoms with Crippen molar-refractivity contribution in [2.24, 2.45) is 11.7 Å². The number of rotatable bonds is 3. The lowest BCUT2D eigenvalue weighted by Gasteiger charge is -2.45. The molecule has 1 aromatic carbocycles. The molecule has 2 aliphatic rings. The van der Waals surface area contributed by atoms with Crippen LogP contribution in [0.25, 0.3) is 0 Å². The van der Waals surface area contributed by atoms with Crippen LogP contribution in [0.4, 0.5) is 4.39 Å². The average molecular weight is 291 g/mol. The smallest absolute Gasteiger partial charge is 0.126 e. The van der Waals surface area contributed by atoms with E-state index in [1.807, 2.05) is 12.1 Å². The first-order valence-electron chi connectivity index (χ1n) is 8.31. The summed E-state index contributed by atoms with van der Waals surface area (Å²) in [6.45, 7) is 0.815. The number of halogens is 1. The zero-order valence-corrected chi connectivity index (χ0v) is 12.7. The van der Waals surface area contributed by atoms with Gasteiger partial charge in [0.25, 0.3) is 0 Å². The largest absolute Gasteiger partial charge is 0.375 e. The topological polar surface area (TPSA) is 35.2 Å². The van der Waals surface area contributed by atoms with Gasteiger partial charge in [-0.05, 0) is 49.7 Å². The van der Waals surface area contributed by atoms with E-state index in [-0.39, 0.29) is 17.5 Å². The van der Waals surface area contributed by atoms with Crippen LogP contribution in [0.3, 0.4) is 0 Å². The van der Waals surface area contributed by atoms with Gasteiger partial charge in [0.05, 0.1) is 5.60 Å². The molecule has 1 heterocycles. The van der Waals surface area contributed by atoms with Crippen LogP contribution >= 0.6 is 0 Å². The standard InChI is InChI=1S/C18H26FNO/c19-16-7-3-2-6-14(16)12-17(20)15-8-11-21-18(13-15)9-4-1-5-10-18/h2-3,6-7,15,17H,1,4-5,8-13,20H2. The van der Waals surface area contributed by atoms with Crippen LogP contribution < -0.4 is 5.73 Å². The van der Waals surface area contributed by atoms with Crippen molar-refractivity contribution in [3.63, 3.8) is 0 Å². The molecule has 0 aromatic heterocycles. The van der Waals surface area contributed by atoms with Crippen LogP contribution in [0.15, 0.2) is 24.3 Å². The molecule has 116 valence electrons. The van der Waals surface area contributed by atoms with Crippen LogP contribution in [0.1, 0.15) is 50.5 Å². The van der Waals surface area contributed by atoms with Gasteiger partial charge in [0.1, 0.15) is 5.82 Å². The molecule has 1 spiro atoms. The molecule has 1 aromatic rings. The minimum Gasteiger partial charge on any atom is -0.375 e. The van der Waals surface area contributed by atoms with Gasteiger partial charge in [0, 0.05) is 12.6 Å². The van der Waals surface area contributed by atoms with E-state index in [0.717, 1.165) is 25.0 Å². The van der Waals surface area contributed by atoms with Crippen LogP contribution in [-0.2, 0) is 11.2 Å². The summed E-state index contributed by atoms with van der Waals surface area (Å²) >= 11 is 0. The Labute approximate surface area is 126 Å². The molecule has 2 atom stereocenters.